The fourth-order valence-electron chi connectivity index (χ4n) is 5.09. The van der Waals surface area contributed by atoms with Gasteiger partial charge in [0.15, 0.2) is 0 Å². The fraction of sp³-hybridized carbons (Fsp3) is 0.214. The van der Waals surface area contributed by atoms with Gasteiger partial charge in [0.2, 0.25) is 0 Å². The van der Waals surface area contributed by atoms with Gasteiger partial charge in [-0.15, -0.1) is 0 Å². The lowest BCUT2D eigenvalue weighted by Crippen LogP contribution is -2.28. The highest BCUT2D eigenvalue weighted by Crippen LogP contribution is 2.62. The number of hydrogen-bond acceptors (Lipinski definition) is 0. The minimum atomic E-state index is -0.394. The Kier molecular flexibility index (Phi) is 5.42. The zero-order valence-electron chi connectivity index (χ0n) is 17.4. The van der Waals surface area contributed by atoms with Gasteiger partial charge in [-0.05, 0) is 64.8 Å². The summed E-state index contributed by atoms with van der Waals surface area (Å²) in [6, 6.07) is 8.69. The van der Waals surface area contributed by atoms with Crippen molar-refractivity contribution in [2.45, 2.75) is 39.0 Å². The smallest absolute Gasteiger partial charge is 0.0721 e. The number of fused-ring (bicyclic) bond motifs is 2. The van der Waals surface area contributed by atoms with Crippen LogP contribution in [0.5, 0.6) is 0 Å². The SMILES string of the molecule is C=CC1=C(/C=C\C)C2(C(C=C)=C1CCC)C(C=C)=C(C(=C)C)c1ccccc12. The lowest BCUT2D eigenvalue weighted by atomic mass is 9.67. The standard InChI is InChI=1S/C28H30/c1-8-15-21-20(10-3)25(16-9-2)28(23(21)11-4)24(12-5)27(19(6)7)22-17-13-14-18-26(22)28/h9-14,16-18H,3-6,8,15H2,1-2,7H3/b16-9-. The van der Waals surface area contributed by atoms with Crippen molar-refractivity contribution in [2.24, 2.45) is 0 Å². The number of rotatable bonds is 7. The molecule has 1 aromatic carbocycles. The van der Waals surface area contributed by atoms with E-state index < -0.39 is 5.41 Å². The average molecular weight is 367 g/mol. The van der Waals surface area contributed by atoms with Crippen molar-refractivity contribution in [3.63, 3.8) is 0 Å². The molecular formula is C28H30. The summed E-state index contributed by atoms with van der Waals surface area (Å²) in [7, 11) is 0. The van der Waals surface area contributed by atoms with Gasteiger partial charge in [-0.1, -0.05) is 99.9 Å². The Morgan fingerprint density at radius 2 is 1.68 bits per heavy atom. The van der Waals surface area contributed by atoms with Gasteiger partial charge in [0.05, 0.1) is 5.41 Å². The van der Waals surface area contributed by atoms with Crippen LogP contribution in [0.15, 0.2) is 114 Å². The number of hydrogen-bond donors (Lipinski definition) is 0. The molecule has 0 heterocycles. The highest BCUT2D eigenvalue weighted by Gasteiger charge is 2.52. The van der Waals surface area contributed by atoms with E-state index in [1.165, 1.54) is 44.6 Å². The first-order valence-corrected chi connectivity index (χ1v) is 10.0. The summed E-state index contributed by atoms with van der Waals surface area (Å²) in [5.74, 6) is 0. The van der Waals surface area contributed by atoms with Crippen LogP contribution in [-0.2, 0) is 5.41 Å². The predicted octanol–water partition coefficient (Wildman–Crippen LogP) is 7.81. The van der Waals surface area contributed by atoms with Gasteiger partial charge in [-0.2, -0.15) is 0 Å². The quantitative estimate of drug-likeness (QED) is 0.461. The van der Waals surface area contributed by atoms with Crippen molar-refractivity contribution in [3.05, 3.63) is 126 Å². The predicted molar refractivity (Wildman–Crippen MR) is 124 cm³/mol. The maximum atomic E-state index is 4.30. The molecule has 1 spiro atoms. The maximum Gasteiger partial charge on any atom is 0.0721 e. The molecule has 0 saturated carbocycles. The third-order valence-corrected chi connectivity index (χ3v) is 5.89. The molecule has 0 nitrogen and oxygen atoms in total. The van der Waals surface area contributed by atoms with Crippen molar-refractivity contribution < 1.29 is 0 Å². The van der Waals surface area contributed by atoms with Gasteiger partial charge in [0.25, 0.3) is 0 Å². The Labute approximate surface area is 170 Å². The van der Waals surface area contributed by atoms with Crippen LogP contribution in [0.1, 0.15) is 44.7 Å². The second-order valence-electron chi connectivity index (χ2n) is 7.45. The number of benzene rings is 1. The highest BCUT2D eigenvalue weighted by molar-refractivity contribution is 5.96. The molecule has 0 fully saturated rings. The molecule has 0 bridgehead atoms. The molecule has 142 valence electrons. The van der Waals surface area contributed by atoms with E-state index in [4.69, 9.17) is 0 Å². The summed E-state index contributed by atoms with van der Waals surface area (Å²) in [6.07, 6.45) is 12.5. The topological polar surface area (TPSA) is 0 Å². The molecule has 2 aliphatic carbocycles. The van der Waals surface area contributed by atoms with Crippen LogP contribution in [0, 0.1) is 0 Å². The van der Waals surface area contributed by atoms with Gasteiger partial charge >= 0.3 is 0 Å². The van der Waals surface area contributed by atoms with Gasteiger partial charge in [0, 0.05) is 0 Å². The van der Waals surface area contributed by atoms with Crippen LogP contribution < -0.4 is 0 Å². The molecule has 0 radical (unpaired) electrons. The zero-order valence-corrected chi connectivity index (χ0v) is 17.4. The molecule has 1 atom stereocenters. The molecule has 0 N–H and O–H groups in total. The first-order valence-electron chi connectivity index (χ1n) is 10.0. The monoisotopic (exact) mass is 366 g/mol. The summed E-state index contributed by atoms with van der Waals surface area (Å²) >= 11 is 0. The van der Waals surface area contributed by atoms with E-state index in [1.54, 1.807) is 0 Å². The van der Waals surface area contributed by atoms with Crippen molar-refractivity contribution >= 4 is 5.57 Å². The van der Waals surface area contributed by atoms with Crippen molar-refractivity contribution in [1.82, 2.24) is 0 Å². The van der Waals surface area contributed by atoms with E-state index in [0.29, 0.717) is 0 Å². The van der Waals surface area contributed by atoms with E-state index in [1.807, 2.05) is 18.2 Å². The largest absolute Gasteiger partial charge is 0.0987 e. The molecule has 0 aromatic heterocycles. The molecule has 0 heteroatoms. The molecule has 1 aromatic rings. The molecular weight excluding hydrogens is 336 g/mol. The van der Waals surface area contributed by atoms with Crippen LogP contribution >= 0.6 is 0 Å². The minimum absolute atomic E-state index is 0.394. The Morgan fingerprint density at radius 1 is 1.00 bits per heavy atom. The van der Waals surface area contributed by atoms with E-state index in [2.05, 4.69) is 83.5 Å². The zero-order chi connectivity index (χ0) is 20.5. The molecule has 1 unspecified atom stereocenters. The van der Waals surface area contributed by atoms with E-state index in [-0.39, 0.29) is 0 Å². The molecule has 0 aliphatic heterocycles. The first kappa shape index (κ1) is 19.9. The summed E-state index contributed by atoms with van der Waals surface area (Å²) in [6.45, 7) is 23.3. The third kappa shape index (κ3) is 2.44. The van der Waals surface area contributed by atoms with Crippen molar-refractivity contribution in [2.75, 3.05) is 0 Å². The summed E-state index contributed by atoms with van der Waals surface area (Å²) in [4.78, 5) is 0. The van der Waals surface area contributed by atoms with E-state index in [9.17, 15) is 0 Å². The summed E-state index contributed by atoms with van der Waals surface area (Å²) in [5, 5.41) is 0. The Hall–Kier alpha value is -2.86. The maximum absolute atomic E-state index is 4.30. The molecule has 0 saturated heterocycles. The first-order chi connectivity index (χ1) is 13.5. The second kappa shape index (κ2) is 7.64. The van der Waals surface area contributed by atoms with Gasteiger partial charge < -0.3 is 0 Å². The number of allylic oxidation sites excluding steroid dienone is 12. The fourth-order valence-corrected chi connectivity index (χ4v) is 5.09. The van der Waals surface area contributed by atoms with Crippen LogP contribution in [0.2, 0.25) is 0 Å². The Bertz CT molecular complexity index is 1000. The van der Waals surface area contributed by atoms with Gasteiger partial charge in [-0.3, -0.25) is 0 Å². The Balaban J connectivity index is 2.60. The average Bonchev–Trinajstić information content (AvgIpc) is 3.13. The molecule has 3 rings (SSSR count). The van der Waals surface area contributed by atoms with Crippen LogP contribution in [0.4, 0.5) is 0 Å². The van der Waals surface area contributed by atoms with Crippen molar-refractivity contribution in [3.8, 4) is 0 Å². The molecule has 28 heavy (non-hydrogen) atoms. The molecule has 0 amide bonds. The van der Waals surface area contributed by atoms with E-state index >= 15 is 0 Å². The summed E-state index contributed by atoms with van der Waals surface area (Å²) in [5.41, 5.74) is 10.7. The van der Waals surface area contributed by atoms with Crippen LogP contribution in [-0.4, -0.2) is 0 Å². The lowest BCUT2D eigenvalue weighted by Gasteiger charge is -2.33. The van der Waals surface area contributed by atoms with Gasteiger partial charge in [-0.25, -0.2) is 0 Å². The van der Waals surface area contributed by atoms with Crippen LogP contribution in [0.25, 0.3) is 5.57 Å². The second-order valence-corrected chi connectivity index (χ2v) is 7.45. The highest BCUT2D eigenvalue weighted by atomic mass is 14.5. The van der Waals surface area contributed by atoms with Gasteiger partial charge in [0.1, 0.15) is 0 Å². The normalized spacial score (nSPS) is 21.1. The third-order valence-electron chi connectivity index (χ3n) is 5.89. The summed E-state index contributed by atoms with van der Waals surface area (Å²) < 4.78 is 0. The minimum Gasteiger partial charge on any atom is -0.0987 e. The van der Waals surface area contributed by atoms with E-state index in [0.717, 1.165) is 18.4 Å². The van der Waals surface area contributed by atoms with Crippen LogP contribution in [0.3, 0.4) is 0 Å². The Morgan fingerprint density at radius 3 is 2.21 bits per heavy atom. The molecule has 2 aliphatic rings. The lowest BCUT2D eigenvalue weighted by molar-refractivity contribution is 0.766. The van der Waals surface area contributed by atoms with Crippen molar-refractivity contribution in [1.29, 1.82) is 0 Å².